The molecule has 1 aromatic rings. The molecule has 0 heterocycles. The summed E-state index contributed by atoms with van der Waals surface area (Å²) in [6.45, 7) is 0. The molecule has 0 nitrogen and oxygen atoms in total. The summed E-state index contributed by atoms with van der Waals surface area (Å²) in [5.74, 6) is 0.644. The lowest BCUT2D eigenvalue weighted by Crippen LogP contribution is -1.98. The van der Waals surface area contributed by atoms with Gasteiger partial charge < -0.3 is 0 Å². The fourth-order valence-electron chi connectivity index (χ4n) is 1.86. The van der Waals surface area contributed by atoms with Crippen molar-refractivity contribution in [3.8, 4) is 0 Å². The van der Waals surface area contributed by atoms with Gasteiger partial charge in [-0.15, -0.1) is 0 Å². The molecule has 0 aliphatic heterocycles. The Morgan fingerprint density at radius 2 is 2.00 bits per heavy atom. The Labute approximate surface area is 105 Å². The van der Waals surface area contributed by atoms with E-state index in [4.69, 9.17) is 0 Å². The monoisotopic (exact) mass is 310 g/mol. The van der Waals surface area contributed by atoms with Gasteiger partial charge in [-0.2, -0.15) is 0 Å². The number of hydrogen-bond donors (Lipinski definition) is 0. The summed E-state index contributed by atoms with van der Waals surface area (Å²) in [4.78, 5) is 0. The molecule has 0 spiro atoms. The molecule has 0 saturated heterocycles. The van der Waals surface area contributed by atoms with Crippen molar-refractivity contribution < 1.29 is 0 Å². The molecule has 0 amide bonds. The Kier molecular flexibility index (Phi) is 4.01. The molecular formula is C14H15I. The van der Waals surface area contributed by atoms with E-state index in [1.807, 2.05) is 0 Å². The molecule has 0 saturated carbocycles. The van der Waals surface area contributed by atoms with Crippen LogP contribution in [0.1, 0.15) is 24.8 Å². The second-order valence-corrected chi connectivity index (χ2v) is 5.33. The molecule has 1 aromatic carbocycles. The molecule has 2 rings (SSSR count). The summed E-state index contributed by atoms with van der Waals surface area (Å²) in [5, 5.41) is 0. The Hall–Kier alpha value is -0.570. The van der Waals surface area contributed by atoms with Crippen LogP contribution in [0.25, 0.3) is 6.08 Å². The van der Waals surface area contributed by atoms with E-state index >= 15 is 0 Å². The van der Waals surface area contributed by atoms with Crippen LogP contribution in [0.2, 0.25) is 0 Å². The smallest absolute Gasteiger partial charge is 0.00398 e. The predicted octanol–water partition coefficient (Wildman–Crippen LogP) is 4.82. The van der Waals surface area contributed by atoms with Gasteiger partial charge in [0.05, 0.1) is 0 Å². The van der Waals surface area contributed by atoms with Crippen LogP contribution >= 0.6 is 22.6 Å². The van der Waals surface area contributed by atoms with E-state index < -0.39 is 0 Å². The van der Waals surface area contributed by atoms with Crippen molar-refractivity contribution >= 4 is 28.7 Å². The first-order valence-electron chi connectivity index (χ1n) is 5.44. The van der Waals surface area contributed by atoms with Crippen LogP contribution in [0.5, 0.6) is 0 Å². The molecule has 1 aliphatic rings. The fraction of sp³-hybridized carbons (Fsp3) is 0.286. The maximum absolute atomic E-state index is 2.45. The van der Waals surface area contributed by atoms with E-state index in [9.17, 15) is 0 Å². The third kappa shape index (κ3) is 3.49. The minimum atomic E-state index is 0.644. The van der Waals surface area contributed by atoms with Crippen molar-refractivity contribution in [3.05, 3.63) is 51.6 Å². The lowest BCUT2D eigenvalue weighted by atomic mass is 9.95. The Bertz CT molecular complexity index is 362. The molecule has 0 bridgehead atoms. The zero-order chi connectivity index (χ0) is 10.5. The van der Waals surface area contributed by atoms with Crippen LogP contribution < -0.4 is 0 Å². The summed E-state index contributed by atoms with van der Waals surface area (Å²) in [6.07, 6.45) is 10.9. The molecule has 1 unspecified atom stereocenters. The number of hydrogen-bond acceptors (Lipinski definition) is 0. The topological polar surface area (TPSA) is 0 Å². The highest BCUT2D eigenvalue weighted by Gasteiger charge is 2.08. The summed E-state index contributed by atoms with van der Waals surface area (Å²) < 4.78 is 1.52. The number of allylic oxidation sites excluding steroid dienone is 3. The Balaban J connectivity index is 2.03. The van der Waals surface area contributed by atoms with Crippen molar-refractivity contribution in [3.63, 3.8) is 0 Å². The van der Waals surface area contributed by atoms with E-state index in [-0.39, 0.29) is 0 Å². The molecule has 1 atom stereocenters. The normalized spacial score (nSPS) is 21.7. The van der Waals surface area contributed by atoms with Gasteiger partial charge in [0.25, 0.3) is 0 Å². The van der Waals surface area contributed by atoms with Crippen LogP contribution in [0.4, 0.5) is 0 Å². The number of halogens is 1. The Morgan fingerprint density at radius 1 is 1.20 bits per heavy atom. The molecular weight excluding hydrogens is 295 g/mol. The van der Waals surface area contributed by atoms with Gasteiger partial charge in [-0.1, -0.05) is 48.6 Å². The molecule has 15 heavy (non-hydrogen) atoms. The molecule has 1 heteroatoms. The fourth-order valence-corrected chi connectivity index (χ4v) is 2.70. The van der Waals surface area contributed by atoms with Crippen molar-refractivity contribution in [1.29, 1.82) is 0 Å². The first-order valence-corrected chi connectivity index (χ1v) is 6.52. The molecule has 0 N–H and O–H groups in total. The summed E-state index contributed by atoms with van der Waals surface area (Å²) >= 11 is 2.45. The highest BCUT2D eigenvalue weighted by atomic mass is 127. The van der Waals surface area contributed by atoms with E-state index in [1.54, 1.807) is 0 Å². The highest BCUT2D eigenvalue weighted by molar-refractivity contribution is 14.1. The van der Waals surface area contributed by atoms with Crippen molar-refractivity contribution in [2.45, 2.75) is 19.3 Å². The van der Waals surface area contributed by atoms with Gasteiger partial charge in [-0.25, -0.2) is 0 Å². The minimum absolute atomic E-state index is 0.644. The van der Waals surface area contributed by atoms with Gasteiger partial charge in [0, 0.05) is 0 Å². The lowest BCUT2D eigenvalue weighted by molar-refractivity contribution is 0.630. The second kappa shape index (κ2) is 5.50. The standard InChI is InChI=1S/C14H15I/c15-14-8-4-7-13(11-14)10-9-12-5-2-1-3-6-12/h1-3,5-6,9-11,13H,4,7-8H2/b10-9-. The van der Waals surface area contributed by atoms with Gasteiger partial charge in [-0.05, 0) is 56.9 Å². The zero-order valence-corrected chi connectivity index (χ0v) is 10.9. The molecule has 1 aliphatic carbocycles. The van der Waals surface area contributed by atoms with Crippen LogP contribution in [-0.4, -0.2) is 0 Å². The van der Waals surface area contributed by atoms with E-state index in [1.165, 1.54) is 28.4 Å². The molecule has 0 radical (unpaired) electrons. The second-order valence-electron chi connectivity index (χ2n) is 3.94. The minimum Gasteiger partial charge on any atom is -0.0770 e. The SMILES string of the molecule is IC1=CC(/C=C\c2ccccc2)CCC1. The zero-order valence-electron chi connectivity index (χ0n) is 8.70. The average molecular weight is 310 g/mol. The van der Waals surface area contributed by atoms with Gasteiger partial charge in [0.1, 0.15) is 0 Å². The predicted molar refractivity (Wildman–Crippen MR) is 74.9 cm³/mol. The Morgan fingerprint density at radius 3 is 2.73 bits per heavy atom. The highest BCUT2D eigenvalue weighted by Crippen LogP contribution is 2.27. The quantitative estimate of drug-likeness (QED) is 0.687. The van der Waals surface area contributed by atoms with Crippen molar-refractivity contribution in [1.82, 2.24) is 0 Å². The average Bonchev–Trinajstić information content (AvgIpc) is 2.28. The van der Waals surface area contributed by atoms with Gasteiger partial charge in [0.2, 0.25) is 0 Å². The molecule has 78 valence electrons. The van der Waals surface area contributed by atoms with Crippen LogP contribution in [0, 0.1) is 5.92 Å². The maximum atomic E-state index is 2.45. The third-order valence-electron chi connectivity index (χ3n) is 2.68. The van der Waals surface area contributed by atoms with Gasteiger partial charge in [0.15, 0.2) is 0 Å². The van der Waals surface area contributed by atoms with E-state index in [0.29, 0.717) is 5.92 Å². The molecule has 0 aromatic heterocycles. The first-order chi connectivity index (χ1) is 7.34. The van der Waals surface area contributed by atoms with Crippen LogP contribution in [-0.2, 0) is 0 Å². The van der Waals surface area contributed by atoms with Crippen LogP contribution in [0.15, 0.2) is 46.1 Å². The van der Waals surface area contributed by atoms with Gasteiger partial charge >= 0.3 is 0 Å². The van der Waals surface area contributed by atoms with Crippen molar-refractivity contribution in [2.75, 3.05) is 0 Å². The van der Waals surface area contributed by atoms with E-state index in [0.717, 1.165) is 0 Å². The number of rotatable bonds is 2. The number of benzene rings is 1. The summed E-state index contributed by atoms with van der Waals surface area (Å²) in [5.41, 5.74) is 1.30. The first kappa shape index (κ1) is 10.9. The van der Waals surface area contributed by atoms with Crippen molar-refractivity contribution in [2.24, 2.45) is 5.92 Å². The maximum Gasteiger partial charge on any atom is -0.00398 e. The van der Waals surface area contributed by atoms with Gasteiger partial charge in [-0.3, -0.25) is 0 Å². The summed E-state index contributed by atoms with van der Waals surface area (Å²) in [7, 11) is 0. The van der Waals surface area contributed by atoms with E-state index in [2.05, 4.69) is 71.2 Å². The largest absolute Gasteiger partial charge is 0.0770 e. The summed E-state index contributed by atoms with van der Waals surface area (Å²) in [6, 6.07) is 10.5. The third-order valence-corrected chi connectivity index (χ3v) is 3.58. The molecule has 0 fully saturated rings. The lowest BCUT2D eigenvalue weighted by Gasteiger charge is -2.14. The van der Waals surface area contributed by atoms with Crippen LogP contribution in [0.3, 0.4) is 0 Å².